The zero-order valence-corrected chi connectivity index (χ0v) is 6.95. The Balaban J connectivity index is 3.01. The van der Waals surface area contributed by atoms with Gasteiger partial charge in [0.15, 0.2) is 0 Å². The third kappa shape index (κ3) is 1.95. The number of benzene rings is 1. The maximum Gasteiger partial charge on any atom is 0.142 e. The highest BCUT2D eigenvalue weighted by Crippen LogP contribution is 2.14. The largest absolute Gasteiger partial charge is 0.398 e. The molecule has 0 bridgehead atoms. The Morgan fingerprint density at radius 2 is 2.17 bits per heavy atom. The highest BCUT2D eigenvalue weighted by atomic mass is 16.1. The number of anilines is 1. The van der Waals surface area contributed by atoms with Crippen LogP contribution in [0.4, 0.5) is 5.69 Å². The van der Waals surface area contributed by atoms with E-state index in [1.165, 1.54) is 6.08 Å². The summed E-state index contributed by atoms with van der Waals surface area (Å²) in [6, 6.07) is 5.73. The van der Waals surface area contributed by atoms with Gasteiger partial charge in [0.05, 0.1) is 0 Å². The van der Waals surface area contributed by atoms with Crippen molar-refractivity contribution in [3.05, 3.63) is 35.4 Å². The van der Waals surface area contributed by atoms with Crippen molar-refractivity contribution in [1.82, 2.24) is 0 Å². The Kier molecular flexibility index (Phi) is 2.64. The summed E-state index contributed by atoms with van der Waals surface area (Å²) < 4.78 is 0. The molecular formula is C10H11NO. The highest BCUT2D eigenvalue weighted by molar-refractivity contribution is 5.77. The van der Waals surface area contributed by atoms with Gasteiger partial charge in [0.25, 0.3) is 0 Å². The average Bonchev–Trinajstić information content (AvgIpc) is 2.03. The molecule has 0 atom stereocenters. The zero-order chi connectivity index (χ0) is 8.97. The van der Waals surface area contributed by atoms with Crippen LogP contribution >= 0.6 is 0 Å². The molecule has 0 saturated heterocycles. The van der Waals surface area contributed by atoms with Crippen LogP contribution in [0.2, 0.25) is 0 Å². The molecule has 62 valence electrons. The Morgan fingerprint density at radius 1 is 1.42 bits per heavy atom. The van der Waals surface area contributed by atoms with E-state index < -0.39 is 0 Å². The molecule has 0 aromatic heterocycles. The van der Waals surface area contributed by atoms with Crippen molar-refractivity contribution < 1.29 is 4.79 Å². The van der Waals surface area contributed by atoms with Crippen LogP contribution in [0, 0.1) is 6.92 Å². The number of aryl methyl sites for hydroxylation is 1. The normalized spacial score (nSPS) is 10.4. The van der Waals surface area contributed by atoms with Crippen molar-refractivity contribution in [1.29, 1.82) is 0 Å². The number of carbonyl (C=O) groups excluding carboxylic acids is 1. The second-order valence-electron chi connectivity index (χ2n) is 2.63. The van der Waals surface area contributed by atoms with Crippen LogP contribution < -0.4 is 5.73 Å². The number of hydrogen-bond acceptors (Lipinski definition) is 2. The number of aldehydes is 1. The molecule has 0 saturated carbocycles. The second-order valence-corrected chi connectivity index (χ2v) is 2.63. The van der Waals surface area contributed by atoms with Gasteiger partial charge in [-0.2, -0.15) is 0 Å². The molecule has 0 amide bonds. The van der Waals surface area contributed by atoms with Crippen molar-refractivity contribution in [2.45, 2.75) is 6.92 Å². The quantitative estimate of drug-likeness (QED) is 0.408. The van der Waals surface area contributed by atoms with Crippen molar-refractivity contribution in [3.8, 4) is 0 Å². The molecule has 1 aromatic carbocycles. The molecule has 1 aromatic rings. The molecule has 0 spiro atoms. The molecule has 0 aliphatic heterocycles. The summed E-state index contributed by atoms with van der Waals surface area (Å²) in [6.45, 7) is 1.98. The summed E-state index contributed by atoms with van der Waals surface area (Å²) in [6.07, 6.45) is 3.86. The lowest BCUT2D eigenvalue weighted by Gasteiger charge is -2.00. The van der Waals surface area contributed by atoms with Gasteiger partial charge in [0, 0.05) is 5.69 Å². The number of allylic oxidation sites excluding steroid dienone is 1. The van der Waals surface area contributed by atoms with Crippen molar-refractivity contribution in [3.63, 3.8) is 0 Å². The predicted octanol–water partition coefficient (Wildman–Crippen LogP) is 1.79. The van der Waals surface area contributed by atoms with Crippen molar-refractivity contribution >= 4 is 18.0 Å². The fourth-order valence-electron chi connectivity index (χ4n) is 0.989. The lowest BCUT2D eigenvalue weighted by Crippen LogP contribution is -1.89. The fraction of sp³-hybridized carbons (Fsp3) is 0.100. The standard InChI is InChI=1S/C10H11NO/c1-8-4-5-9(3-2-6-12)10(11)7-8/h2-7H,11H2,1H3. The van der Waals surface area contributed by atoms with E-state index in [2.05, 4.69) is 0 Å². The third-order valence-corrected chi connectivity index (χ3v) is 1.60. The van der Waals surface area contributed by atoms with Crippen molar-refractivity contribution in [2.75, 3.05) is 5.73 Å². The van der Waals surface area contributed by atoms with Gasteiger partial charge in [-0.05, 0) is 36.3 Å². The van der Waals surface area contributed by atoms with Crippen molar-refractivity contribution in [2.24, 2.45) is 0 Å². The average molecular weight is 161 g/mol. The lowest BCUT2D eigenvalue weighted by atomic mass is 10.1. The molecule has 1 rings (SSSR count). The molecule has 2 N–H and O–H groups in total. The van der Waals surface area contributed by atoms with Crippen LogP contribution in [0.5, 0.6) is 0 Å². The number of nitrogen functional groups attached to an aromatic ring is 1. The van der Waals surface area contributed by atoms with E-state index in [0.29, 0.717) is 5.69 Å². The molecule has 12 heavy (non-hydrogen) atoms. The Labute approximate surface area is 71.7 Å². The summed E-state index contributed by atoms with van der Waals surface area (Å²) in [4.78, 5) is 10.0. The molecule has 0 heterocycles. The van der Waals surface area contributed by atoms with Crippen LogP contribution in [0.3, 0.4) is 0 Å². The number of nitrogens with two attached hydrogens (primary N) is 1. The molecule has 2 heteroatoms. The van der Waals surface area contributed by atoms with Gasteiger partial charge in [-0.25, -0.2) is 0 Å². The van der Waals surface area contributed by atoms with Crippen LogP contribution in [0.25, 0.3) is 6.08 Å². The van der Waals surface area contributed by atoms with Gasteiger partial charge < -0.3 is 5.73 Å². The minimum Gasteiger partial charge on any atom is -0.398 e. The van der Waals surface area contributed by atoms with E-state index in [-0.39, 0.29) is 0 Å². The third-order valence-electron chi connectivity index (χ3n) is 1.60. The van der Waals surface area contributed by atoms with Crippen LogP contribution in [0.15, 0.2) is 24.3 Å². The number of carbonyl (C=O) groups is 1. The molecule has 0 aliphatic rings. The molecule has 0 unspecified atom stereocenters. The number of rotatable bonds is 2. The minimum atomic E-state index is 0.702. The van der Waals surface area contributed by atoms with Gasteiger partial charge >= 0.3 is 0 Å². The van der Waals surface area contributed by atoms with Crippen LogP contribution in [-0.2, 0) is 4.79 Å². The van der Waals surface area contributed by atoms with E-state index in [9.17, 15) is 4.79 Å². The van der Waals surface area contributed by atoms with Gasteiger partial charge in [0.1, 0.15) is 6.29 Å². The fourth-order valence-corrected chi connectivity index (χ4v) is 0.989. The van der Waals surface area contributed by atoms with Gasteiger partial charge in [-0.15, -0.1) is 0 Å². The first-order valence-corrected chi connectivity index (χ1v) is 3.72. The van der Waals surface area contributed by atoms with Gasteiger partial charge in [-0.1, -0.05) is 12.1 Å². The first kappa shape index (κ1) is 8.53. The molecule has 0 radical (unpaired) electrons. The molecule has 2 nitrogen and oxygen atoms in total. The highest BCUT2D eigenvalue weighted by Gasteiger charge is 1.93. The second kappa shape index (κ2) is 3.72. The van der Waals surface area contributed by atoms with Crippen LogP contribution in [-0.4, -0.2) is 6.29 Å². The summed E-state index contributed by atoms with van der Waals surface area (Å²) >= 11 is 0. The van der Waals surface area contributed by atoms with Gasteiger partial charge in [-0.3, -0.25) is 4.79 Å². The Bertz CT molecular complexity index is 316. The maximum atomic E-state index is 10.0. The monoisotopic (exact) mass is 161 g/mol. The Morgan fingerprint density at radius 3 is 2.75 bits per heavy atom. The van der Waals surface area contributed by atoms with E-state index in [1.807, 2.05) is 25.1 Å². The van der Waals surface area contributed by atoms with E-state index in [0.717, 1.165) is 17.4 Å². The summed E-state index contributed by atoms with van der Waals surface area (Å²) in [7, 11) is 0. The van der Waals surface area contributed by atoms with E-state index in [1.54, 1.807) is 6.08 Å². The van der Waals surface area contributed by atoms with Crippen LogP contribution in [0.1, 0.15) is 11.1 Å². The molecule has 0 fully saturated rings. The number of hydrogen-bond donors (Lipinski definition) is 1. The van der Waals surface area contributed by atoms with Gasteiger partial charge in [0.2, 0.25) is 0 Å². The SMILES string of the molecule is Cc1ccc(C=CC=O)c(N)c1. The summed E-state index contributed by atoms with van der Waals surface area (Å²) in [5.41, 5.74) is 8.40. The molecular weight excluding hydrogens is 150 g/mol. The smallest absolute Gasteiger partial charge is 0.142 e. The van der Waals surface area contributed by atoms with E-state index >= 15 is 0 Å². The van der Waals surface area contributed by atoms with E-state index in [4.69, 9.17) is 5.73 Å². The predicted molar refractivity (Wildman–Crippen MR) is 50.7 cm³/mol. The zero-order valence-electron chi connectivity index (χ0n) is 6.95. The Hall–Kier alpha value is -1.57. The topological polar surface area (TPSA) is 43.1 Å². The summed E-state index contributed by atoms with van der Waals surface area (Å²) in [5.74, 6) is 0. The summed E-state index contributed by atoms with van der Waals surface area (Å²) in [5, 5.41) is 0. The minimum absolute atomic E-state index is 0.702. The first-order chi connectivity index (χ1) is 5.74. The maximum absolute atomic E-state index is 10.0. The lowest BCUT2D eigenvalue weighted by molar-refractivity contribution is -0.104. The molecule has 0 aliphatic carbocycles. The first-order valence-electron chi connectivity index (χ1n) is 3.72.